The average Bonchev–Trinajstić information content (AvgIpc) is 2.19. The summed E-state index contributed by atoms with van der Waals surface area (Å²) in [4.78, 5) is 0. The molecule has 0 amide bonds. The molecule has 1 aliphatic heterocycles. The highest BCUT2D eigenvalue weighted by molar-refractivity contribution is 6.65. The van der Waals surface area contributed by atoms with Crippen molar-refractivity contribution in [2.45, 2.75) is 18.5 Å². The number of rotatable bonds is 2. The summed E-state index contributed by atoms with van der Waals surface area (Å²) >= 11 is 0. The molecule has 0 aliphatic carbocycles. The topological polar surface area (TPSA) is 0 Å². The van der Waals surface area contributed by atoms with Crippen molar-refractivity contribution in [1.82, 2.24) is 0 Å². The van der Waals surface area contributed by atoms with E-state index in [0.29, 0.717) is 0 Å². The molecule has 0 aromatic carbocycles. The van der Waals surface area contributed by atoms with Crippen molar-refractivity contribution in [3.63, 3.8) is 0 Å². The van der Waals surface area contributed by atoms with Crippen LogP contribution in [0.1, 0.15) is 6.42 Å². The summed E-state index contributed by atoms with van der Waals surface area (Å²) in [5.74, 6) is 0. The van der Waals surface area contributed by atoms with Crippen LogP contribution < -0.4 is 0 Å². The monoisotopic (exact) mass is 124 g/mol. The van der Waals surface area contributed by atoms with Crippen molar-refractivity contribution >= 4 is 8.80 Å². The second-order valence-electron chi connectivity index (χ2n) is 2.29. The normalized spacial score (nSPS) is 26.2. The van der Waals surface area contributed by atoms with E-state index in [1.165, 1.54) is 18.5 Å². The van der Waals surface area contributed by atoms with Gasteiger partial charge < -0.3 is 0 Å². The SMILES string of the molecule is C=CC[SiH]1C=CCC1. The molecule has 1 heteroatoms. The lowest BCUT2D eigenvalue weighted by atomic mass is 10.5. The Bertz CT molecular complexity index is 105. The van der Waals surface area contributed by atoms with E-state index >= 15 is 0 Å². The smallest absolute Gasteiger partial charge is 0.0650 e. The molecule has 0 N–H and O–H groups in total. The third-order valence-corrected chi connectivity index (χ3v) is 4.41. The molecule has 0 bridgehead atoms. The molecule has 0 aromatic heterocycles. The maximum atomic E-state index is 3.72. The molecule has 0 spiro atoms. The molecule has 1 heterocycles. The highest BCUT2D eigenvalue weighted by atomic mass is 28.3. The van der Waals surface area contributed by atoms with Crippen LogP contribution in [-0.2, 0) is 0 Å². The first kappa shape index (κ1) is 5.83. The number of allylic oxidation sites excluding steroid dienone is 2. The molecule has 0 saturated heterocycles. The quantitative estimate of drug-likeness (QED) is 0.389. The molecule has 0 saturated carbocycles. The lowest BCUT2D eigenvalue weighted by Crippen LogP contribution is -2.00. The molecular formula is C7H12Si. The molecule has 0 nitrogen and oxygen atoms in total. The molecule has 0 aromatic rings. The maximum Gasteiger partial charge on any atom is 0.0650 e. The highest BCUT2D eigenvalue weighted by Crippen LogP contribution is 2.12. The van der Waals surface area contributed by atoms with Crippen molar-refractivity contribution in [2.24, 2.45) is 0 Å². The van der Waals surface area contributed by atoms with Gasteiger partial charge in [0.05, 0.1) is 8.80 Å². The fraction of sp³-hybridized carbons (Fsp3) is 0.429. The van der Waals surface area contributed by atoms with Crippen molar-refractivity contribution in [3.8, 4) is 0 Å². The van der Waals surface area contributed by atoms with E-state index in [1.807, 2.05) is 0 Å². The van der Waals surface area contributed by atoms with Gasteiger partial charge in [0, 0.05) is 0 Å². The molecule has 0 fully saturated rings. The molecule has 1 rings (SSSR count). The minimum atomic E-state index is -0.380. The molecule has 44 valence electrons. The predicted octanol–water partition coefficient (Wildman–Crippen LogP) is 1.90. The van der Waals surface area contributed by atoms with Gasteiger partial charge in [0.25, 0.3) is 0 Å². The third-order valence-electron chi connectivity index (χ3n) is 1.58. The summed E-state index contributed by atoms with van der Waals surface area (Å²) in [7, 11) is -0.380. The molecular weight excluding hydrogens is 112 g/mol. The molecule has 0 radical (unpaired) electrons. The molecule has 8 heavy (non-hydrogen) atoms. The Morgan fingerprint density at radius 3 is 3.12 bits per heavy atom. The summed E-state index contributed by atoms with van der Waals surface area (Å²) in [5, 5.41) is 0. The van der Waals surface area contributed by atoms with Crippen molar-refractivity contribution in [2.75, 3.05) is 0 Å². The first-order valence-electron chi connectivity index (χ1n) is 3.21. The van der Waals surface area contributed by atoms with Crippen LogP contribution in [0.25, 0.3) is 0 Å². The van der Waals surface area contributed by atoms with Crippen molar-refractivity contribution < 1.29 is 0 Å². The van der Waals surface area contributed by atoms with E-state index in [4.69, 9.17) is 0 Å². The van der Waals surface area contributed by atoms with Crippen molar-refractivity contribution in [3.05, 3.63) is 24.4 Å². The van der Waals surface area contributed by atoms with Crippen LogP contribution in [0.2, 0.25) is 12.1 Å². The van der Waals surface area contributed by atoms with Gasteiger partial charge in [-0.2, -0.15) is 0 Å². The summed E-state index contributed by atoms with van der Waals surface area (Å²) < 4.78 is 0. The van der Waals surface area contributed by atoms with Gasteiger partial charge in [-0.15, -0.1) is 12.3 Å². The minimum Gasteiger partial charge on any atom is -0.103 e. The summed E-state index contributed by atoms with van der Waals surface area (Å²) in [5.41, 5.74) is 2.43. The second-order valence-corrected chi connectivity index (χ2v) is 5.24. The zero-order valence-electron chi connectivity index (χ0n) is 5.14. The van der Waals surface area contributed by atoms with E-state index in [9.17, 15) is 0 Å². The first-order chi connectivity index (χ1) is 3.93. The van der Waals surface area contributed by atoms with Crippen molar-refractivity contribution in [1.29, 1.82) is 0 Å². The van der Waals surface area contributed by atoms with Crippen LogP contribution in [0.15, 0.2) is 24.4 Å². The lowest BCUT2D eigenvalue weighted by molar-refractivity contribution is 1.22. The van der Waals surface area contributed by atoms with Crippen LogP contribution in [0.5, 0.6) is 0 Å². The van der Waals surface area contributed by atoms with Gasteiger partial charge in [0.1, 0.15) is 0 Å². The Hall–Kier alpha value is -0.303. The molecule has 1 aliphatic rings. The molecule has 1 unspecified atom stereocenters. The summed E-state index contributed by atoms with van der Waals surface area (Å²) in [6.07, 6.45) is 5.72. The second kappa shape index (κ2) is 2.87. The Kier molecular flexibility index (Phi) is 2.09. The minimum absolute atomic E-state index is 0.380. The van der Waals surface area contributed by atoms with Crippen LogP contribution >= 0.6 is 0 Å². The van der Waals surface area contributed by atoms with Gasteiger partial charge in [-0.05, 0) is 12.5 Å². The van der Waals surface area contributed by atoms with Gasteiger partial charge in [-0.3, -0.25) is 0 Å². The van der Waals surface area contributed by atoms with Gasteiger partial charge >= 0.3 is 0 Å². The average molecular weight is 124 g/mol. The Balaban J connectivity index is 2.25. The Morgan fingerprint density at radius 2 is 2.62 bits per heavy atom. The van der Waals surface area contributed by atoms with Crippen LogP contribution in [0.4, 0.5) is 0 Å². The highest BCUT2D eigenvalue weighted by Gasteiger charge is 2.07. The van der Waals surface area contributed by atoms with Gasteiger partial charge in [0.2, 0.25) is 0 Å². The van der Waals surface area contributed by atoms with Crippen LogP contribution in [-0.4, -0.2) is 8.80 Å². The fourth-order valence-corrected chi connectivity index (χ4v) is 3.32. The van der Waals surface area contributed by atoms with E-state index in [-0.39, 0.29) is 8.80 Å². The standard InChI is InChI=1S/C7H12Si/c1-2-5-8-6-3-4-7-8/h2-3,6,8H,1,4-5,7H2. The van der Waals surface area contributed by atoms with E-state index in [0.717, 1.165) is 0 Å². The third kappa shape index (κ3) is 1.34. The zero-order chi connectivity index (χ0) is 5.82. The number of hydrogen-bond donors (Lipinski definition) is 0. The summed E-state index contributed by atoms with van der Waals surface area (Å²) in [6, 6.07) is 2.78. The van der Waals surface area contributed by atoms with E-state index < -0.39 is 0 Å². The largest absolute Gasteiger partial charge is 0.103 e. The van der Waals surface area contributed by atoms with Crippen LogP contribution in [0, 0.1) is 0 Å². The van der Waals surface area contributed by atoms with E-state index in [2.05, 4.69) is 24.4 Å². The first-order valence-corrected chi connectivity index (χ1v) is 5.51. The number of hydrogen-bond acceptors (Lipinski definition) is 0. The molecule has 1 atom stereocenters. The van der Waals surface area contributed by atoms with Gasteiger partial charge in [-0.25, -0.2) is 0 Å². The fourth-order valence-electron chi connectivity index (χ4n) is 1.11. The maximum absolute atomic E-state index is 3.72. The van der Waals surface area contributed by atoms with Gasteiger partial charge in [0.15, 0.2) is 0 Å². The Labute approximate surface area is 52.5 Å². The van der Waals surface area contributed by atoms with Gasteiger partial charge in [-0.1, -0.05) is 18.2 Å². The summed E-state index contributed by atoms with van der Waals surface area (Å²) in [6.45, 7) is 3.72. The Morgan fingerprint density at radius 1 is 1.75 bits per heavy atom. The zero-order valence-corrected chi connectivity index (χ0v) is 6.29. The van der Waals surface area contributed by atoms with Crippen LogP contribution in [0.3, 0.4) is 0 Å². The van der Waals surface area contributed by atoms with E-state index in [1.54, 1.807) is 0 Å². The lowest BCUT2D eigenvalue weighted by Gasteiger charge is -1.96. The predicted molar refractivity (Wildman–Crippen MR) is 40.7 cm³/mol.